The number of aromatic amines is 1. The third-order valence-electron chi connectivity index (χ3n) is 2.13. The Morgan fingerprint density at radius 3 is 2.64 bits per heavy atom. The van der Waals surface area contributed by atoms with E-state index in [2.05, 4.69) is 4.98 Å². The van der Waals surface area contributed by atoms with E-state index < -0.39 is 0 Å². The number of rotatable bonds is 0. The maximum absolute atomic E-state index is 11.2. The van der Waals surface area contributed by atoms with E-state index >= 15 is 0 Å². The van der Waals surface area contributed by atoms with Gasteiger partial charge in [-0.2, -0.15) is 0 Å². The number of hydrogen-bond acceptors (Lipinski definition) is 1. The molecule has 0 amide bonds. The van der Waals surface area contributed by atoms with E-state index in [-0.39, 0.29) is 6.99 Å². The molecule has 0 aliphatic carbocycles. The number of nitrogens with one attached hydrogen (secondary N) is 1. The molecule has 2 heterocycles. The first kappa shape index (κ1) is 10.6. The summed E-state index contributed by atoms with van der Waals surface area (Å²) in [5.41, 5.74) is 3.13. The number of pyridine rings is 1. The van der Waals surface area contributed by atoms with Gasteiger partial charge in [-0.05, 0) is 18.6 Å². The molecule has 0 aromatic carbocycles. The maximum atomic E-state index is 11.2. The van der Waals surface area contributed by atoms with Crippen LogP contribution in [0.2, 0.25) is 0 Å². The topological polar surface area (TPSA) is 37.8 Å². The van der Waals surface area contributed by atoms with Gasteiger partial charge in [0.05, 0.1) is 11.0 Å². The number of aryl methyl sites for hydroxylation is 2. The van der Waals surface area contributed by atoms with Crippen LogP contribution in [-0.2, 0) is 7.05 Å². The summed E-state index contributed by atoms with van der Waals surface area (Å²) in [7, 11) is 1.78. The normalized spacial score (nSPS) is 9.71. The summed E-state index contributed by atoms with van der Waals surface area (Å²) < 4.78 is 1.65. The zero-order valence-corrected chi connectivity index (χ0v) is 9.09. The molecule has 0 unspecified atom stereocenters. The van der Waals surface area contributed by atoms with Gasteiger partial charge in [-0.25, -0.2) is 0 Å². The first-order valence-electron chi connectivity index (χ1n) is 4.84. The van der Waals surface area contributed by atoms with Crippen LogP contribution < -0.4 is 5.56 Å². The number of hydrogen-bond donors (Lipinski definition) is 1. The van der Waals surface area contributed by atoms with E-state index in [9.17, 15) is 4.79 Å². The highest BCUT2D eigenvalue weighted by Gasteiger charge is 2.02. The summed E-state index contributed by atoms with van der Waals surface area (Å²) in [5, 5.41) is 0. The van der Waals surface area contributed by atoms with Gasteiger partial charge in [0.2, 0.25) is 0 Å². The molecule has 2 aromatic heterocycles. The van der Waals surface area contributed by atoms with Gasteiger partial charge in [0.1, 0.15) is 0 Å². The third kappa shape index (κ3) is 1.58. The van der Waals surface area contributed by atoms with Crippen molar-refractivity contribution in [1.82, 2.24) is 9.55 Å². The predicted molar refractivity (Wildman–Crippen MR) is 61.7 cm³/mol. The van der Waals surface area contributed by atoms with Crippen molar-refractivity contribution in [2.45, 2.75) is 20.8 Å². The number of aromatic nitrogens is 2. The first-order valence-corrected chi connectivity index (χ1v) is 4.84. The van der Waals surface area contributed by atoms with Gasteiger partial charge in [0.25, 0.3) is 5.56 Å². The monoisotopic (exact) mass is 194 g/mol. The Kier molecular flexibility index (Phi) is 3.12. The predicted octanol–water partition coefficient (Wildman–Crippen LogP) is 2.45. The van der Waals surface area contributed by atoms with Gasteiger partial charge in [-0.1, -0.05) is 13.8 Å². The molecule has 14 heavy (non-hydrogen) atoms. The van der Waals surface area contributed by atoms with Gasteiger partial charge in [-0.15, -0.1) is 0 Å². The smallest absolute Gasteiger partial charge is 0.250 e. The Morgan fingerprint density at radius 1 is 1.36 bits per heavy atom. The highest BCUT2D eigenvalue weighted by molar-refractivity contribution is 5.78. The van der Waals surface area contributed by atoms with E-state index in [0.29, 0.717) is 0 Å². The van der Waals surface area contributed by atoms with Crippen molar-refractivity contribution < 1.29 is 1.43 Å². The Balaban J connectivity index is 0.000000617. The third-order valence-corrected chi connectivity index (χ3v) is 2.13. The largest absolute Gasteiger partial charge is 0.360 e. The van der Waals surface area contributed by atoms with E-state index in [1.54, 1.807) is 17.7 Å². The van der Waals surface area contributed by atoms with Crippen molar-refractivity contribution in [2.24, 2.45) is 7.05 Å². The molecule has 3 nitrogen and oxygen atoms in total. The van der Waals surface area contributed by atoms with Crippen LogP contribution >= 0.6 is 0 Å². The quantitative estimate of drug-likeness (QED) is 0.687. The van der Waals surface area contributed by atoms with Crippen molar-refractivity contribution in [3.63, 3.8) is 0 Å². The van der Waals surface area contributed by atoms with Crippen LogP contribution in [-0.4, -0.2) is 9.55 Å². The zero-order chi connectivity index (χ0) is 10.7. The lowest BCUT2D eigenvalue weighted by molar-refractivity contribution is 0.904. The van der Waals surface area contributed by atoms with Crippen molar-refractivity contribution >= 4 is 11.0 Å². The van der Waals surface area contributed by atoms with Crippen LogP contribution in [0.25, 0.3) is 11.0 Å². The standard InChI is InChI=1S/C9H10N2O.C2H6.H2/c1-6-5-10-7-3-4-8(12)11(2)9(6)7;1-2;/h3-5,10H,1-2H3;1-2H3;1H. The average molecular weight is 194 g/mol. The zero-order valence-electron chi connectivity index (χ0n) is 9.09. The molecule has 0 fully saturated rings. The Hall–Kier alpha value is -1.51. The molecule has 78 valence electrons. The molecule has 0 saturated heterocycles. The number of nitrogens with zero attached hydrogens (tertiary/aromatic N) is 1. The van der Waals surface area contributed by atoms with E-state index in [4.69, 9.17) is 0 Å². The molecule has 0 radical (unpaired) electrons. The average Bonchev–Trinajstić information content (AvgIpc) is 2.58. The SMILES string of the molecule is CC.Cc1c[nH]c2ccc(=O)n(C)c12.[HH]. The Labute approximate surface area is 84.9 Å². The molecule has 0 saturated carbocycles. The Morgan fingerprint density at radius 2 is 2.00 bits per heavy atom. The van der Waals surface area contributed by atoms with Gasteiger partial charge in [0.15, 0.2) is 0 Å². The van der Waals surface area contributed by atoms with Crippen LogP contribution in [0.5, 0.6) is 0 Å². The fraction of sp³-hybridized carbons (Fsp3) is 0.364. The summed E-state index contributed by atoms with van der Waals surface area (Å²) in [5.74, 6) is 0. The minimum atomic E-state index is 0. The highest BCUT2D eigenvalue weighted by atomic mass is 16.1. The second-order valence-corrected chi connectivity index (χ2v) is 2.96. The number of H-pyrrole nitrogens is 1. The molecule has 0 aliphatic rings. The van der Waals surface area contributed by atoms with Crippen LogP contribution in [0, 0.1) is 6.92 Å². The molecule has 0 bridgehead atoms. The van der Waals surface area contributed by atoms with Gasteiger partial charge in [-0.3, -0.25) is 4.79 Å². The van der Waals surface area contributed by atoms with Crippen LogP contribution in [0.4, 0.5) is 0 Å². The molecule has 0 aliphatic heterocycles. The van der Waals surface area contributed by atoms with Crippen molar-refractivity contribution in [3.8, 4) is 0 Å². The summed E-state index contributed by atoms with van der Waals surface area (Å²) in [6, 6.07) is 3.38. The summed E-state index contributed by atoms with van der Waals surface area (Å²) in [4.78, 5) is 14.3. The second kappa shape index (κ2) is 4.13. The van der Waals surface area contributed by atoms with Crippen molar-refractivity contribution in [3.05, 3.63) is 34.2 Å². The summed E-state index contributed by atoms with van der Waals surface area (Å²) >= 11 is 0. The summed E-state index contributed by atoms with van der Waals surface area (Å²) in [6.07, 6.45) is 1.91. The molecular formula is C11H18N2O. The van der Waals surface area contributed by atoms with Crippen LogP contribution in [0.3, 0.4) is 0 Å². The second-order valence-electron chi connectivity index (χ2n) is 2.96. The van der Waals surface area contributed by atoms with Gasteiger partial charge < -0.3 is 9.55 Å². The molecule has 0 spiro atoms. The van der Waals surface area contributed by atoms with Gasteiger partial charge in [0, 0.05) is 20.7 Å². The lowest BCUT2D eigenvalue weighted by Gasteiger charge is -1.99. The van der Waals surface area contributed by atoms with Crippen LogP contribution in [0.15, 0.2) is 23.1 Å². The van der Waals surface area contributed by atoms with Crippen molar-refractivity contribution in [2.75, 3.05) is 0 Å². The van der Waals surface area contributed by atoms with E-state index in [1.807, 2.05) is 33.0 Å². The first-order chi connectivity index (χ1) is 6.70. The van der Waals surface area contributed by atoms with E-state index in [0.717, 1.165) is 16.6 Å². The summed E-state index contributed by atoms with van der Waals surface area (Å²) in [6.45, 7) is 5.98. The number of fused-ring (bicyclic) bond motifs is 1. The van der Waals surface area contributed by atoms with E-state index in [1.165, 1.54) is 0 Å². The lowest BCUT2D eigenvalue weighted by atomic mass is 10.3. The maximum Gasteiger partial charge on any atom is 0.250 e. The molecule has 2 aromatic rings. The van der Waals surface area contributed by atoms with Gasteiger partial charge >= 0.3 is 0 Å². The highest BCUT2D eigenvalue weighted by Crippen LogP contribution is 2.13. The fourth-order valence-corrected chi connectivity index (χ4v) is 1.48. The Bertz CT molecular complexity index is 485. The minimum absolute atomic E-state index is 0. The molecule has 0 atom stereocenters. The molecular weight excluding hydrogens is 176 g/mol. The minimum Gasteiger partial charge on any atom is -0.360 e. The molecule has 2 rings (SSSR count). The molecule has 1 N–H and O–H groups in total. The van der Waals surface area contributed by atoms with Crippen molar-refractivity contribution in [1.29, 1.82) is 0 Å². The fourth-order valence-electron chi connectivity index (χ4n) is 1.48. The van der Waals surface area contributed by atoms with Crippen LogP contribution in [0.1, 0.15) is 20.8 Å². The lowest BCUT2D eigenvalue weighted by Crippen LogP contribution is -2.14. The molecule has 3 heteroatoms.